The predicted molar refractivity (Wildman–Crippen MR) is 76.8 cm³/mol. The molecule has 0 spiro atoms. The van der Waals surface area contributed by atoms with Crippen LogP contribution < -0.4 is 15.7 Å². The van der Waals surface area contributed by atoms with Gasteiger partial charge in [0, 0.05) is 17.5 Å². The summed E-state index contributed by atoms with van der Waals surface area (Å²) < 4.78 is 46.0. The van der Waals surface area contributed by atoms with E-state index >= 15 is 0 Å². The highest BCUT2D eigenvalue weighted by Crippen LogP contribution is 2.30. The van der Waals surface area contributed by atoms with Gasteiger partial charge in [-0.3, -0.25) is 4.79 Å². The van der Waals surface area contributed by atoms with E-state index in [0.29, 0.717) is 10.9 Å². The van der Waals surface area contributed by atoms with E-state index in [-0.39, 0.29) is 16.4 Å². The first-order valence-electron chi connectivity index (χ1n) is 6.36. The number of hydrogen-bond donors (Lipinski definition) is 1. The molecule has 0 bridgehead atoms. The van der Waals surface area contributed by atoms with Crippen LogP contribution in [-0.4, -0.2) is 25.2 Å². The average Bonchev–Trinajstić information content (AvgIpc) is 2.43. The Hall–Kier alpha value is -2.22. The van der Waals surface area contributed by atoms with Gasteiger partial charge in [0.05, 0.1) is 5.02 Å². The van der Waals surface area contributed by atoms with E-state index in [9.17, 15) is 22.8 Å². The maximum Gasteiger partial charge on any atom is 0.405 e. The molecule has 0 aliphatic carbocycles. The third-order valence-electron chi connectivity index (χ3n) is 2.85. The Balaban J connectivity index is 2.13. The van der Waals surface area contributed by atoms with Crippen LogP contribution in [0.4, 0.5) is 13.2 Å². The van der Waals surface area contributed by atoms with Crippen molar-refractivity contribution in [3.05, 3.63) is 39.2 Å². The average molecular weight is 350 g/mol. The van der Waals surface area contributed by atoms with Crippen molar-refractivity contribution in [2.24, 2.45) is 0 Å². The number of benzene rings is 1. The van der Waals surface area contributed by atoms with Gasteiger partial charge in [-0.25, -0.2) is 4.79 Å². The molecule has 0 aliphatic heterocycles. The summed E-state index contributed by atoms with van der Waals surface area (Å²) in [6.07, 6.45) is -4.50. The molecule has 23 heavy (non-hydrogen) atoms. The number of carbonyl (C=O) groups excluding carboxylic acids is 1. The van der Waals surface area contributed by atoms with E-state index in [1.807, 2.05) is 0 Å². The topological polar surface area (TPSA) is 68.5 Å². The monoisotopic (exact) mass is 349 g/mol. The lowest BCUT2D eigenvalue weighted by Gasteiger charge is -2.11. The molecule has 5 nitrogen and oxygen atoms in total. The maximum absolute atomic E-state index is 12.0. The minimum Gasteiger partial charge on any atom is -0.482 e. The number of alkyl halides is 3. The van der Waals surface area contributed by atoms with Crippen molar-refractivity contribution >= 4 is 28.5 Å². The molecule has 0 unspecified atom stereocenters. The lowest BCUT2D eigenvalue weighted by atomic mass is 10.1. The molecule has 2 rings (SSSR count). The van der Waals surface area contributed by atoms with Gasteiger partial charge in [0.15, 0.2) is 6.61 Å². The van der Waals surface area contributed by atoms with Gasteiger partial charge in [-0.15, -0.1) is 0 Å². The van der Waals surface area contributed by atoms with Crippen molar-refractivity contribution in [1.29, 1.82) is 0 Å². The van der Waals surface area contributed by atoms with E-state index < -0.39 is 30.9 Å². The SMILES string of the molecule is Cc1cc(=O)oc2cc(OCC(=O)NCC(F)(F)F)c(Cl)cc12. The molecule has 1 heterocycles. The van der Waals surface area contributed by atoms with Crippen molar-refractivity contribution in [1.82, 2.24) is 5.32 Å². The van der Waals surface area contributed by atoms with Crippen LogP contribution in [-0.2, 0) is 4.79 Å². The van der Waals surface area contributed by atoms with Crippen molar-refractivity contribution < 1.29 is 27.1 Å². The molecular weight excluding hydrogens is 339 g/mol. The zero-order valence-corrected chi connectivity index (χ0v) is 12.5. The molecule has 0 saturated heterocycles. The second-order valence-electron chi connectivity index (χ2n) is 4.71. The van der Waals surface area contributed by atoms with Crippen LogP contribution in [0.2, 0.25) is 5.02 Å². The minimum atomic E-state index is -4.50. The smallest absolute Gasteiger partial charge is 0.405 e. The minimum absolute atomic E-state index is 0.0232. The Morgan fingerprint density at radius 3 is 2.70 bits per heavy atom. The Kier molecular flexibility index (Phi) is 4.84. The molecule has 0 atom stereocenters. The zero-order chi connectivity index (χ0) is 17.2. The number of ether oxygens (including phenoxy) is 1. The van der Waals surface area contributed by atoms with E-state index in [1.165, 1.54) is 18.2 Å². The molecule has 1 aromatic carbocycles. The fourth-order valence-electron chi connectivity index (χ4n) is 1.82. The number of aryl methyl sites for hydroxylation is 1. The Morgan fingerprint density at radius 1 is 1.35 bits per heavy atom. The van der Waals surface area contributed by atoms with Gasteiger partial charge in [0.25, 0.3) is 5.91 Å². The molecule has 0 fully saturated rings. The molecule has 9 heteroatoms. The first-order valence-corrected chi connectivity index (χ1v) is 6.74. The summed E-state index contributed by atoms with van der Waals surface area (Å²) in [6.45, 7) is -0.410. The van der Waals surface area contributed by atoms with E-state index in [2.05, 4.69) is 0 Å². The second kappa shape index (κ2) is 6.49. The molecule has 2 aromatic rings. The van der Waals surface area contributed by atoms with Crippen LogP contribution in [0, 0.1) is 6.92 Å². The Bertz CT molecular complexity index is 801. The Morgan fingerprint density at radius 2 is 2.04 bits per heavy atom. The van der Waals surface area contributed by atoms with Crippen LogP contribution in [0.5, 0.6) is 5.75 Å². The number of carbonyl (C=O) groups is 1. The van der Waals surface area contributed by atoms with Gasteiger partial charge >= 0.3 is 11.8 Å². The number of halogens is 4. The van der Waals surface area contributed by atoms with E-state index in [1.54, 1.807) is 12.2 Å². The number of amides is 1. The van der Waals surface area contributed by atoms with Crippen molar-refractivity contribution in [3.63, 3.8) is 0 Å². The summed E-state index contributed by atoms with van der Waals surface area (Å²) in [5.74, 6) is -0.931. The van der Waals surface area contributed by atoms with Crippen molar-refractivity contribution in [2.75, 3.05) is 13.2 Å². The van der Waals surface area contributed by atoms with Crippen molar-refractivity contribution in [2.45, 2.75) is 13.1 Å². The highest BCUT2D eigenvalue weighted by Gasteiger charge is 2.27. The summed E-state index contributed by atoms with van der Waals surface area (Å²) in [5, 5.41) is 2.39. The van der Waals surface area contributed by atoms with Crippen LogP contribution in [0.25, 0.3) is 11.0 Å². The molecule has 1 aromatic heterocycles. The van der Waals surface area contributed by atoms with Crippen molar-refractivity contribution in [3.8, 4) is 5.75 Å². The number of fused-ring (bicyclic) bond motifs is 1. The fraction of sp³-hybridized carbons (Fsp3) is 0.286. The Labute approximate surface area is 133 Å². The summed E-state index contributed by atoms with van der Waals surface area (Å²) in [7, 11) is 0. The zero-order valence-electron chi connectivity index (χ0n) is 11.8. The van der Waals surface area contributed by atoms with Crippen LogP contribution in [0.1, 0.15) is 5.56 Å². The van der Waals surface area contributed by atoms with Gasteiger partial charge in [-0.05, 0) is 18.6 Å². The highest BCUT2D eigenvalue weighted by atomic mass is 35.5. The lowest BCUT2D eigenvalue weighted by molar-refractivity contribution is -0.139. The molecule has 1 N–H and O–H groups in total. The molecule has 0 aliphatic rings. The largest absolute Gasteiger partial charge is 0.482 e. The van der Waals surface area contributed by atoms with Gasteiger partial charge < -0.3 is 14.5 Å². The van der Waals surface area contributed by atoms with Gasteiger partial charge in [0.1, 0.15) is 17.9 Å². The summed E-state index contributed by atoms with van der Waals surface area (Å²) in [5.41, 5.74) is 0.281. The van der Waals surface area contributed by atoms with Crippen LogP contribution in [0.15, 0.2) is 27.4 Å². The highest BCUT2D eigenvalue weighted by molar-refractivity contribution is 6.32. The first-order chi connectivity index (χ1) is 10.7. The number of hydrogen-bond acceptors (Lipinski definition) is 4. The first kappa shape index (κ1) is 17.1. The predicted octanol–water partition coefficient (Wildman–Crippen LogP) is 2.81. The summed E-state index contributed by atoms with van der Waals surface area (Å²) in [6, 6.07) is 4.09. The quantitative estimate of drug-likeness (QED) is 0.862. The summed E-state index contributed by atoms with van der Waals surface area (Å²) in [4.78, 5) is 22.6. The normalized spacial score (nSPS) is 11.5. The van der Waals surface area contributed by atoms with Crippen LogP contribution >= 0.6 is 11.6 Å². The second-order valence-corrected chi connectivity index (χ2v) is 5.12. The molecule has 124 valence electrons. The van der Waals surface area contributed by atoms with E-state index in [0.717, 1.165) is 0 Å². The molecule has 0 radical (unpaired) electrons. The number of nitrogens with one attached hydrogen (secondary N) is 1. The third kappa shape index (κ3) is 4.62. The summed E-state index contributed by atoms with van der Waals surface area (Å²) >= 11 is 5.99. The van der Waals surface area contributed by atoms with E-state index in [4.69, 9.17) is 20.8 Å². The molecule has 0 saturated carbocycles. The van der Waals surface area contributed by atoms with Crippen LogP contribution in [0.3, 0.4) is 0 Å². The number of rotatable bonds is 4. The van der Waals surface area contributed by atoms with Gasteiger partial charge in [-0.1, -0.05) is 11.6 Å². The lowest BCUT2D eigenvalue weighted by Crippen LogP contribution is -2.36. The maximum atomic E-state index is 12.0. The van der Waals surface area contributed by atoms with Gasteiger partial charge in [-0.2, -0.15) is 13.2 Å². The molecule has 1 amide bonds. The van der Waals surface area contributed by atoms with Gasteiger partial charge in [0.2, 0.25) is 0 Å². The standard InChI is InChI=1S/C14H11ClF3NO4/c1-7-2-13(21)23-10-4-11(9(15)3-8(7)10)22-5-12(20)19-6-14(16,17)18/h2-4H,5-6H2,1H3,(H,19,20). The molecular formula is C14H11ClF3NO4. The third-order valence-corrected chi connectivity index (χ3v) is 3.14. The fourth-order valence-corrected chi connectivity index (χ4v) is 2.04.